The molecule has 0 spiro atoms. The molecule has 0 amide bonds. The lowest BCUT2D eigenvalue weighted by molar-refractivity contribution is 0.604. The maximum absolute atomic E-state index is 11.8. The van der Waals surface area contributed by atoms with E-state index in [4.69, 9.17) is 0 Å². The van der Waals surface area contributed by atoms with Gasteiger partial charge in [0.05, 0.1) is 12.0 Å². The summed E-state index contributed by atoms with van der Waals surface area (Å²) < 4.78 is 1.66. The first-order chi connectivity index (χ1) is 10.3. The number of rotatable bonds is 4. The van der Waals surface area contributed by atoms with Crippen LogP contribution in [0.4, 0.5) is 0 Å². The van der Waals surface area contributed by atoms with Gasteiger partial charge in [-0.2, -0.15) is 0 Å². The Kier molecular flexibility index (Phi) is 10.8. The van der Waals surface area contributed by atoms with Crippen molar-refractivity contribution in [2.45, 2.75) is 54.0 Å². The SMILES string of the molecule is CC.CC.CCCCn1cnc(-c2ccccc2)cc1=O. The van der Waals surface area contributed by atoms with Gasteiger partial charge in [0.25, 0.3) is 5.56 Å². The van der Waals surface area contributed by atoms with Gasteiger partial charge >= 0.3 is 0 Å². The molecule has 0 aliphatic heterocycles. The van der Waals surface area contributed by atoms with Gasteiger partial charge in [-0.25, -0.2) is 4.98 Å². The molecule has 116 valence electrons. The van der Waals surface area contributed by atoms with E-state index < -0.39 is 0 Å². The fourth-order valence-electron chi connectivity index (χ4n) is 1.69. The number of aryl methyl sites for hydroxylation is 1. The van der Waals surface area contributed by atoms with Crippen LogP contribution >= 0.6 is 0 Å². The lowest BCUT2D eigenvalue weighted by Crippen LogP contribution is -2.19. The first-order valence-electron chi connectivity index (χ1n) is 7.93. The van der Waals surface area contributed by atoms with Crippen molar-refractivity contribution in [1.82, 2.24) is 9.55 Å². The van der Waals surface area contributed by atoms with Crippen molar-refractivity contribution in [3.63, 3.8) is 0 Å². The third-order valence-corrected chi connectivity index (χ3v) is 2.70. The van der Waals surface area contributed by atoms with Crippen LogP contribution in [0.1, 0.15) is 47.5 Å². The number of unbranched alkanes of at least 4 members (excludes halogenated alkanes) is 1. The zero-order valence-electron chi connectivity index (χ0n) is 14.0. The van der Waals surface area contributed by atoms with Crippen LogP contribution < -0.4 is 5.56 Å². The van der Waals surface area contributed by atoms with Crippen molar-refractivity contribution in [1.29, 1.82) is 0 Å². The van der Waals surface area contributed by atoms with Crippen molar-refractivity contribution in [2.75, 3.05) is 0 Å². The molecule has 2 rings (SSSR count). The predicted octanol–water partition coefficient (Wildman–Crippen LogP) is 4.76. The van der Waals surface area contributed by atoms with Crippen LogP contribution in [-0.2, 0) is 6.54 Å². The Morgan fingerprint density at radius 3 is 2.19 bits per heavy atom. The number of hydrogen-bond acceptors (Lipinski definition) is 2. The molecule has 2 aromatic rings. The minimum absolute atomic E-state index is 0.0207. The minimum atomic E-state index is 0.0207. The molecular formula is C18H28N2O. The smallest absolute Gasteiger partial charge is 0.253 e. The summed E-state index contributed by atoms with van der Waals surface area (Å²) >= 11 is 0. The molecule has 0 bridgehead atoms. The van der Waals surface area contributed by atoms with Crippen LogP contribution in [0.2, 0.25) is 0 Å². The highest BCUT2D eigenvalue weighted by molar-refractivity contribution is 5.57. The number of hydrogen-bond donors (Lipinski definition) is 0. The van der Waals surface area contributed by atoms with E-state index >= 15 is 0 Å². The van der Waals surface area contributed by atoms with Crippen LogP contribution in [0, 0.1) is 0 Å². The van der Waals surface area contributed by atoms with E-state index in [1.54, 1.807) is 17.0 Å². The van der Waals surface area contributed by atoms with Crippen molar-refractivity contribution < 1.29 is 0 Å². The number of benzene rings is 1. The molecule has 0 atom stereocenters. The van der Waals surface area contributed by atoms with E-state index in [0.29, 0.717) is 0 Å². The van der Waals surface area contributed by atoms with E-state index in [-0.39, 0.29) is 5.56 Å². The molecule has 0 radical (unpaired) electrons. The molecule has 0 fully saturated rings. The van der Waals surface area contributed by atoms with Gasteiger partial charge in [-0.05, 0) is 6.42 Å². The summed E-state index contributed by atoms with van der Waals surface area (Å²) in [6.45, 7) is 10.9. The second-order valence-electron chi connectivity index (χ2n) is 4.03. The van der Waals surface area contributed by atoms with Crippen molar-refractivity contribution in [2.24, 2.45) is 0 Å². The molecule has 3 nitrogen and oxygen atoms in total. The van der Waals surface area contributed by atoms with Crippen LogP contribution in [-0.4, -0.2) is 9.55 Å². The van der Waals surface area contributed by atoms with E-state index in [1.165, 1.54) is 0 Å². The topological polar surface area (TPSA) is 34.9 Å². The largest absolute Gasteiger partial charge is 0.299 e. The Hall–Kier alpha value is -1.90. The Morgan fingerprint density at radius 1 is 1.05 bits per heavy atom. The Morgan fingerprint density at radius 2 is 1.67 bits per heavy atom. The maximum atomic E-state index is 11.8. The third-order valence-electron chi connectivity index (χ3n) is 2.70. The lowest BCUT2D eigenvalue weighted by atomic mass is 10.1. The molecule has 0 unspecified atom stereocenters. The average molecular weight is 288 g/mol. The van der Waals surface area contributed by atoms with Gasteiger partial charge in [0.2, 0.25) is 0 Å². The second-order valence-corrected chi connectivity index (χ2v) is 4.03. The van der Waals surface area contributed by atoms with Gasteiger partial charge < -0.3 is 0 Å². The fourth-order valence-corrected chi connectivity index (χ4v) is 1.69. The van der Waals surface area contributed by atoms with Gasteiger partial charge in [0.15, 0.2) is 0 Å². The summed E-state index contributed by atoms with van der Waals surface area (Å²) in [5, 5.41) is 0. The second kappa shape index (κ2) is 11.9. The van der Waals surface area contributed by atoms with E-state index in [2.05, 4.69) is 11.9 Å². The fraction of sp³-hybridized carbons (Fsp3) is 0.444. The molecule has 0 saturated heterocycles. The van der Waals surface area contributed by atoms with E-state index in [9.17, 15) is 4.79 Å². The van der Waals surface area contributed by atoms with Crippen LogP contribution in [0.25, 0.3) is 11.3 Å². The zero-order chi connectivity index (χ0) is 16.1. The van der Waals surface area contributed by atoms with Crippen molar-refractivity contribution >= 4 is 0 Å². The lowest BCUT2D eigenvalue weighted by Gasteiger charge is -2.05. The third kappa shape index (κ3) is 6.39. The molecule has 1 aromatic heterocycles. The van der Waals surface area contributed by atoms with Gasteiger partial charge in [-0.15, -0.1) is 0 Å². The Bertz CT molecular complexity index is 532. The molecule has 0 N–H and O–H groups in total. The quantitative estimate of drug-likeness (QED) is 0.812. The van der Waals surface area contributed by atoms with E-state index in [0.717, 1.165) is 30.6 Å². The Balaban J connectivity index is 0.000000921. The monoisotopic (exact) mass is 288 g/mol. The van der Waals surface area contributed by atoms with Crippen LogP contribution in [0.15, 0.2) is 47.5 Å². The maximum Gasteiger partial charge on any atom is 0.253 e. The highest BCUT2D eigenvalue weighted by atomic mass is 16.1. The number of aromatic nitrogens is 2. The van der Waals surface area contributed by atoms with Gasteiger partial charge in [-0.1, -0.05) is 71.4 Å². The standard InChI is InChI=1S/C14H16N2O.2C2H6/c1-2-3-9-16-11-15-13(10-14(16)17)12-7-5-4-6-8-12;2*1-2/h4-8,10-11H,2-3,9H2,1H3;2*1-2H3. The molecule has 0 aliphatic rings. The molecule has 0 aliphatic carbocycles. The molecule has 21 heavy (non-hydrogen) atoms. The summed E-state index contributed by atoms with van der Waals surface area (Å²) in [4.78, 5) is 16.2. The van der Waals surface area contributed by atoms with Crippen LogP contribution in [0.3, 0.4) is 0 Å². The zero-order valence-corrected chi connectivity index (χ0v) is 14.0. The molecule has 1 heterocycles. The first kappa shape index (κ1) is 19.1. The van der Waals surface area contributed by atoms with Gasteiger partial charge in [-0.3, -0.25) is 9.36 Å². The molecule has 0 saturated carbocycles. The molecular weight excluding hydrogens is 260 g/mol. The minimum Gasteiger partial charge on any atom is -0.299 e. The average Bonchev–Trinajstić information content (AvgIpc) is 2.58. The van der Waals surface area contributed by atoms with Crippen molar-refractivity contribution in [3.8, 4) is 11.3 Å². The van der Waals surface area contributed by atoms with Crippen molar-refractivity contribution in [3.05, 3.63) is 53.1 Å². The summed E-state index contributed by atoms with van der Waals surface area (Å²) in [6.07, 6.45) is 3.72. The normalized spacial score (nSPS) is 9.00. The van der Waals surface area contributed by atoms with Crippen LogP contribution in [0.5, 0.6) is 0 Å². The summed E-state index contributed by atoms with van der Waals surface area (Å²) in [5.74, 6) is 0. The van der Waals surface area contributed by atoms with Gasteiger partial charge in [0, 0.05) is 18.2 Å². The molecule has 1 aromatic carbocycles. The number of nitrogens with zero attached hydrogens (tertiary/aromatic N) is 2. The molecule has 3 heteroatoms. The summed E-state index contributed by atoms with van der Waals surface area (Å²) in [7, 11) is 0. The highest BCUT2D eigenvalue weighted by Crippen LogP contribution is 2.13. The Labute approximate surface area is 128 Å². The van der Waals surface area contributed by atoms with Gasteiger partial charge in [0.1, 0.15) is 0 Å². The summed E-state index contributed by atoms with van der Waals surface area (Å²) in [6, 6.07) is 11.4. The van der Waals surface area contributed by atoms with E-state index in [1.807, 2.05) is 58.0 Å². The highest BCUT2D eigenvalue weighted by Gasteiger charge is 2.01. The summed E-state index contributed by atoms with van der Waals surface area (Å²) in [5.41, 5.74) is 1.74. The predicted molar refractivity (Wildman–Crippen MR) is 91.5 cm³/mol. The first-order valence-corrected chi connectivity index (χ1v) is 7.93.